The molecule has 19 heavy (non-hydrogen) atoms. The minimum absolute atomic E-state index is 0.0804. The van der Waals surface area contributed by atoms with Crippen LogP contribution in [-0.2, 0) is 11.3 Å². The molecule has 1 saturated heterocycles. The van der Waals surface area contributed by atoms with E-state index in [1.807, 2.05) is 0 Å². The normalized spacial score (nSPS) is 19.5. The lowest BCUT2D eigenvalue weighted by Gasteiger charge is -2.15. The van der Waals surface area contributed by atoms with E-state index in [-0.39, 0.29) is 23.2 Å². The van der Waals surface area contributed by atoms with Crippen molar-refractivity contribution in [3.8, 4) is 0 Å². The maximum atomic E-state index is 11.1. The molecule has 1 amide bonds. The van der Waals surface area contributed by atoms with Gasteiger partial charge in [0.1, 0.15) is 5.69 Å². The van der Waals surface area contributed by atoms with Crippen molar-refractivity contribution >= 4 is 17.3 Å². The molecular weight excluding hydrogens is 248 g/mol. The number of likely N-dealkylation sites (tertiary alicyclic amines) is 1. The molecule has 4 N–H and O–H groups in total. The van der Waals surface area contributed by atoms with E-state index >= 15 is 0 Å². The van der Waals surface area contributed by atoms with E-state index in [0.29, 0.717) is 13.1 Å². The Morgan fingerprint density at radius 1 is 1.53 bits per heavy atom. The van der Waals surface area contributed by atoms with Gasteiger partial charge in [-0.15, -0.1) is 0 Å². The van der Waals surface area contributed by atoms with Crippen molar-refractivity contribution in [2.24, 2.45) is 11.7 Å². The van der Waals surface area contributed by atoms with Crippen molar-refractivity contribution in [1.82, 2.24) is 4.90 Å². The van der Waals surface area contributed by atoms with Gasteiger partial charge in [-0.2, -0.15) is 0 Å². The Kier molecular flexibility index (Phi) is 3.66. The van der Waals surface area contributed by atoms with Crippen LogP contribution in [0.5, 0.6) is 0 Å². The van der Waals surface area contributed by atoms with Crippen LogP contribution in [0.3, 0.4) is 0 Å². The van der Waals surface area contributed by atoms with Crippen molar-refractivity contribution in [3.05, 3.63) is 33.9 Å². The second kappa shape index (κ2) is 5.23. The van der Waals surface area contributed by atoms with Gasteiger partial charge in [-0.25, -0.2) is 0 Å². The Morgan fingerprint density at radius 2 is 2.26 bits per heavy atom. The topological polar surface area (TPSA) is 115 Å². The number of nitrogen functional groups attached to an aromatic ring is 1. The smallest absolute Gasteiger partial charge is 0.292 e. The highest BCUT2D eigenvalue weighted by atomic mass is 16.6. The molecule has 1 aromatic carbocycles. The number of nitrogens with two attached hydrogens (primary N) is 2. The zero-order valence-electron chi connectivity index (χ0n) is 10.4. The maximum absolute atomic E-state index is 11.1. The zero-order valence-corrected chi connectivity index (χ0v) is 10.4. The number of carbonyl (C=O) groups is 1. The van der Waals surface area contributed by atoms with Crippen LogP contribution in [0.1, 0.15) is 12.0 Å². The summed E-state index contributed by atoms with van der Waals surface area (Å²) in [5.74, 6) is -0.408. The van der Waals surface area contributed by atoms with E-state index < -0.39 is 4.92 Å². The van der Waals surface area contributed by atoms with Crippen molar-refractivity contribution in [3.63, 3.8) is 0 Å². The van der Waals surface area contributed by atoms with Gasteiger partial charge in [-0.05, 0) is 24.6 Å². The quantitative estimate of drug-likeness (QED) is 0.466. The molecule has 102 valence electrons. The predicted molar refractivity (Wildman–Crippen MR) is 70.1 cm³/mol. The van der Waals surface area contributed by atoms with Crippen LogP contribution in [0.4, 0.5) is 11.4 Å². The van der Waals surface area contributed by atoms with Gasteiger partial charge in [-0.1, -0.05) is 6.07 Å². The highest BCUT2D eigenvalue weighted by molar-refractivity contribution is 5.77. The number of primary amides is 1. The molecule has 1 aliphatic rings. The van der Waals surface area contributed by atoms with Crippen LogP contribution in [0, 0.1) is 16.0 Å². The number of anilines is 1. The van der Waals surface area contributed by atoms with E-state index in [1.165, 1.54) is 12.1 Å². The Morgan fingerprint density at radius 3 is 2.84 bits per heavy atom. The molecule has 0 spiro atoms. The van der Waals surface area contributed by atoms with Crippen LogP contribution in [0.2, 0.25) is 0 Å². The fourth-order valence-corrected chi connectivity index (χ4v) is 2.31. The minimum atomic E-state index is -0.491. The van der Waals surface area contributed by atoms with E-state index in [1.54, 1.807) is 6.07 Å². The number of amides is 1. The van der Waals surface area contributed by atoms with Crippen LogP contribution in [0.25, 0.3) is 0 Å². The molecule has 2 rings (SSSR count). The van der Waals surface area contributed by atoms with Gasteiger partial charge in [0, 0.05) is 19.2 Å². The lowest BCUT2D eigenvalue weighted by atomic mass is 10.1. The SMILES string of the molecule is NC(=O)C1CCN(Cc2ccc(N)c([N+](=O)[O-])c2)C1. The average Bonchev–Trinajstić information content (AvgIpc) is 2.80. The highest BCUT2D eigenvalue weighted by Crippen LogP contribution is 2.24. The summed E-state index contributed by atoms with van der Waals surface area (Å²) < 4.78 is 0. The molecule has 1 fully saturated rings. The fourth-order valence-electron chi connectivity index (χ4n) is 2.31. The number of nitrogens with zero attached hydrogens (tertiary/aromatic N) is 2. The first-order chi connectivity index (χ1) is 8.97. The molecule has 1 heterocycles. The Hall–Kier alpha value is -2.15. The number of nitro benzene ring substituents is 1. The monoisotopic (exact) mass is 264 g/mol. The number of nitro groups is 1. The standard InChI is InChI=1S/C12H16N4O3/c13-10-2-1-8(5-11(10)16(18)19)6-15-4-3-9(7-15)12(14)17/h1-2,5,9H,3-4,6-7,13H2,(H2,14,17). The molecule has 0 aliphatic carbocycles. The largest absolute Gasteiger partial charge is 0.393 e. The van der Waals surface area contributed by atoms with Crippen molar-refractivity contribution in [1.29, 1.82) is 0 Å². The second-order valence-corrected chi connectivity index (χ2v) is 4.77. The van der Waals surface area contributed by atoms with E-state index in [4.69, 9.17) is 11.5 Å². The molecule has 1 aromatic rings. The molecule has 0 aromatic heterocycles. The van der Waals surface area contributed by atoms with Crippen LogP contribution >= 0.6 is 0 Å². The third kappa shape index (κ3) is 3.00. The Balaban J connectivity index is 2.06. The van der Waals surface area contributed by atoms with Gasteiger partial charge in [-0.3, -0.25) is 19.8 Å². The molecule has 1 aliphatic heterocycles. The Labute approximate surface area is 110 Å². The van der Waals surface area contributed by atoms with E-state index in [2.05, 4.69) is 4.90 Å². The second-order valence-electron chi connectivity index (χ2n) is 4.77. The molecule has 0 radical (unpaired) electrons. The minimum Gasteiger partial charge on any atom is -0.393 e. The molecule has 1 atom stereocenters. The first kappa shape index (κ1) is 13.3. The Bertz CT molecular complexity index is 518. The molecule has 0 bridgehead atoms. The lowest BCUT2D eigenvalue weighted by Crippen LogP contribution is -2.27. The third-order valence-electron chi connectivity index (χ3n) is 3.37. The van der Waals surface area contributed by atoms with E-state index in [9.17, 15) is 14.9 Å². The number of rotatable bonds is 4. The molecule has 7 nitrogen and oxygen atoms in total. The van der Waals surface area contributed by atoms with Crippen LogP contribution < -0.4 is 11.5 Å². The van der Waals surface area contributed by atoms with Gasteiger partial charge in [0.2, 0.25) is 5.91 Å². The van der Waals surface area contributed by atoms with Gasteiger partial charge >= 0.3 is 0 Å². The summed E-state index contributed by atoms with van der Waals surface area (Å²) in [6.45, 7) is 1.93. The molecule has 0 saturated carbocycles. The molecular formula is C12H16N4O3. The first-order valence-electron chi connectivity index (χ1n) is 6.02. The first-order valence-corrected chi connectivity index (χ1v) is 6.02. The van der Waals surface area contributed by atoms with Gasteiger partial charge in [0.05, 0.1) is 10.8 Å². The number of carbonyl (C=O) groups excluding carboxylic acids is 1. The summed E-state index contributed by atoms with van der Waals surface area (Å²) in [7, 11) is 0. The summed E-state index contributed by atoms with van der Waals surface area (Å²) >= 11 is 0. The summed E-state index contributed by atoms with van der Waals surface area (Å²) in [5, 5.41) is 10.8. The van der Waals surface area contributed by atoms with Crippen molar-refractivity contribution in [2.45, 2.75) is 13.0 Å². The van der Waals surface area contributed by atoms with Crippen LogP contribution in [0.15, 0.2) is 18.2 Å². The van der Waals surface area contributed by atoms with Crippen molar-refractivity contribution in [2.75, 3.05) is 18.8 Å². The maximum Gasteiger partial charge on any atom is 0.292 e. The predicted octanol–water partition coefficient (Wildman–Crippen LogP) is 0.484. The fraction of sp³-hybridized carbons (Fsp3) is 0.417. The summed E-state index contributed by atoms with van der Waals surface area (Å²) in [6.07, 6.45) is 0.742. The number of benzene rings is 1. The lowest BCUT2D eigenvalue weighted by molar-refractivity contribution is -0.384. The summed E-state index contributed by atoms with van der Waals surface area (Å²) in [6, 6.07) is 4.78. The van der Waals surface area contributed by atoms with Gasteiger partial charge in [0.25, 0.3) is 5.69 Å². The van der Waals surface area contributed by atoms with Gasteiger partial charge in [0.15, 0.2) is 0 Å². The average molecular weight is 264 g/mol. The van der Waals surface area contributed by atoms with Gasteiger partial charge < -0.3 is 11.5 Å². The molecule has 7 heteroatoms. The van der Waals surface area contributed by atoms with Crippen LogP contribution in [-0.4, -0.2) is 28.8 Å². The summed E-state index contributed by atoms with van der Waals surface area (Å²) in [5.41, 5.74) is 11.7. The highest BCUT2D eigenvalue weighted by Gasteiger charge is 2.26. The van der Waals surface area contributed by atoms with Crippen molar-refractivity contribution < 1.29 is 9.72 Å². The summed E-state index contributed by atoms with van der Waals surface area (Å²) in [4.78, 5) is 23.4. The number of hydrogen-bond donors (Lipinski definition) is 2. The van der Waals surface area contributed by atoms with E-state index in [0.717, 1.165) is 18.5 Å². The molecule has 1 unspecified atom stereocenters. The zero-order chi connectivity index (χ0) is 14.0. The number of hydrogen-bond acceptors (Lipinski definition) is 5. The third-order valence-corrected chi connectivity index (χ3v) is 3.37.